The van der Waals surface area contributed by atoms with Crippen LogP contribution in [-0.2, 0) is 0 Å². The van der Waals surface area contributed by atoms with Gasteiger partial charge in [-0.05, 0) is 31.5 Å². The summed E-state index contributed by atoms with van der Waals surface area (Å²) in [5.41, 5.74) is 1.12. The predicted octanol–water partition coefficient (Wildman–Crippen LogP) is 3.06. The smallest absolute Gasteiger partial charge is 0.141 e. The topological polar surface area (TPSA) is 15.3 Å². The second-order valence-corrected chi connectivity index (χ2v) is 5.27. The molecule has 1 N–H and O–H groups in total. The van der Waals surface area contributed by atoms with E-state index in [2.05, 4.69) is 24.1 Å². The quantitative estimate of drug-likeness (QED) is 0.875. The Bertz CT molecular complexity index is 410. The van der Waals surface area contributed by atoms with E-state index in [1.165, 1.54) is 6.07 Å². The summed E-state index contributed by atoms with van der Waals surface area (Å²) < 4.78 is 13.1. The molecule has 1 atom stereocenters. The zero-order valence-electron chi connectivity index (χ0n) is 10.3. The fourth-order valence-corrected chi connectivity index (χ4v) is 2.36. The van der Waals surface area contributed by atoms with Crippen molar-refractivity contribution >= 4 is 17.3 Å². The minimum absolute atomic E-state index is 0.124. The Morgan fingerprint density at radius 1 is 1.53 bits per heavy atom. The molecule has 1 aliphatic heterocycles. The fourth-order valence-electron chi connectivity index (χ4n) is 2.19. The highest BCUT2D eigenvalue weighted by Crippen LogP contribution is 2.26. The van der Waals surface area contributed by atoms with Crippen molar-refractivity contribution in [3.63, 3.8) is 0 Å². The van der Waals surface area contributed by atoms with E-state index in [9.17, 15) is 4.39 Å². The minimum Gasteiger partial charge on any atom is -0.368 e. The maximum atomic E-state index is 13.1. The number of nitrogens with zero attached hydrogens (tertiary/aromatic N) is 1. The van der Waals surface area contributed by atoms with Crippen molar-refractivity contribution in [3.05, 3.63) is 29.0 Å². The van der Waals surface area contributed by atoms with E-state index >= 15 is 0 Å². The van der Waals surface area contributed by atoms with Crippen LogP contribution >= 0.6 is 11.6 Å². The number of rotatable bonds is 2. The van der Waals surface area contributed by atoms with E-state index in [0.717, 1.165) is 31.7 Å². The molecule has 0 aliphatic carbocycles. The molecular formula is C13H18ClFN2. The van der Waals surface area contributed by atoms with Crippen LogP contribution in [0.5, 0.6) is 0 Å². The van der Waals surface area contributed by atoms with Gasteiger partial charge in [0.25, 0.3) is 0 Å². The van der Waals surface area contributed by atoms with Crippen LogP contribution in [0.3, 0.4) is 0 Å². The molecule has 2 rings (SSSR count). The van der Waals surface area contributed by atoms with Gasteiger partial charge in [0.05, 0.1) is 5.02 Å². The van der Waals surface area contributed by atoms with Crippen molar-refractivity contribution in [2.75, 3.05) is 24.5 Å². The van der Waals surface area contributed by atoms with Crippen molar-refractivity contribution in [1.82, 2.24) is 5.32 Å². The summed E-state index contributed by atoms with van der Waals surface area (Å²) in [6.07, 6.45) is 1.07. The van der Waals surface area contributed by atoms with Crippen LogP contribution < -0.4 is 10.2 Å². The number of anilines is 1. The third-order valence-corrected chi connectivity index (χ3v) is 3.81. The lowest BCUT2D eigenvalue weighted by Gasteiger charge is -2.42. The minimum atomic E-state index is -0.358. The first-order valence-electron chi connectivity index (χ1n) is 5.99. The van der Waals surface area contributed by atoms with Gasteiger partial charge in [-0.25, -0.2) is 4.39 Å². The van der Waals surface area contributed by atoms with Gasteiger partial charge in [-0.1, -0.05) is 18.5 Å². The first-order chi connectivity index (χ1) is 8.04. The molecule has 0 aromatic heterocycles. The van der Waals surface area contributed by atoms with Crippen LogP contribution in [0, 0.1) is 5.82 Å². The first kappa shape index (κ1) is 12.7. The summed E-state index contributed by atoms with van der Waals surface area (Å²) in [5, 5.41) is 3.72. The summed E-state index contributed by atoms with van der Waals surface area (Å²) in [6.45, 7) is 7.18. The Hall–Kier alpha value is -0.800. The Morgan fingerprint density at radius 2 is 2.29 bits per heavy atom. The molecule has 1 saturated heterocycles. The summed E-state index contributed by atoms with van der Waals surface area (Å²) in [4.78, 5) is 2.26. The Kier molecular flexibility index (Phi) is 3.59. The second kappa shape index (κ2) is 4.83. The number of hydrogen-bond donors (Lipinski definition) is 1. The maximum absolute atomic E-state index is 13.1. The number of benzene rings is 1. The highest BCUT2D eigenvalue weighted by atomic mass is 35.5. The lowest BCUT2D eigenvalue weighted by Crippen LogP contribution is -2.58. The van der Waals surface area contributed by atoms with E-state index in [4.69, 9.17) is 11.6 Å². The molecule has 0 saturated carbocycles. The average molecular weight is 257 g/mol. The standard InChI is InChI=1S/C13H18ClFN2/c1-3-13(2)9-17(7-6-16-13)10-4-5-12(15)11(14)8-10/h4-5,8,16H,3,6-7,9H2,1-2H3. The highest BCUT2D eigenvalue weighted by molar-refractivity contribution is 6.31. The van der Waals surface area contributed by atoms with Crippen LogP contribution in [0.4, 0.5) is 10.1 Å². The van der Waals surface area contributed by atoms with Gasteiger partial charge in [0.1, 0.15) is 5.82 Å². The van der Waals surface area contributed by atoms with Gasteiger partial charge in [-0.2, -0.15) is 0 Å². The third kappa shape index (κ3) is 2.72. The molecule has 0 radical (unpaired) electrons. The molecule has 1 fully saturated rings. The van der Waals surface area contributed by atoms with E-state index in [1.807, 2.05) is 0 Å². The monoisotopic (exact) mass is 256 g/mol. The van der Waals surface area contributed by atoms with Gasteiger partial charge in [-0.3, -0.25) is 0 Å². The van der Waals surface area contributed by atoms with E-state index in [0.29, 0.717) is 0 Å². The van der Waals surface area contributed by atoms with E-state index in [1.54, 1.807) is 12.1 Å². The van der Waals surface area contributed by atoms with Crippen LogP contribution in [0.25, 0.3) is 0 Å². The Balaban J connectivity index is 2.19. The van der Waals surface area contributed by atoms with Gasteiger partial charge in [0, 0.05) is 30.9 Å². The number of piperazine rings is 1. The zero-order chi connectivity index (χ0) is 12.5. The molecule has 1 unspecified atom stereocenters. The molecule has 94 valence electrons. The number of nitrogens with one attached hydrogen (secondary N) is 1. The Labute approximate surface area is 107 Å². The molecular weight excluding hydrogens is 239 g/mol. The average Bonchev–Trinajstić information content (AvgIpc) is 2.33. The summed E-state index contributed by atoms with van der Waals surface area (Å²) >= 11 is 5.82. The predicted molar refractivity (Wildman–Crippen MR) is 70.3 cm³/mol. The molecule has 2 nitrogen and oxygen atoms in total. The van der Waals surface area contributed by atoms with Crippen molar-refractivity contribution in [2.45, 2.75) is 25.8 Å². The molecule has 1 aromatic carbocycles. The van der Waals surface area contributed by atoms with Gasteiger partial charge in [0.2, 0.25) is 0 Å². The van der Waals surface area contributed by atoms with Gasteiger partial charge < -0.3 is 10.2 Å². The lowest BCUT2D eigenvalue weighted by atomic mass is 9.95. The van der Waals surface area contributed by atoms with E-state index < -0.39 is 0 Å². The summed E-state index contributed by atoms with van der Waals surface area (Å²) in [5.74, 6) is -0.358. The van der Waals surface area contributed by atoms with Crippen LogP contribution in [-0.4, -0.2) is 25.2 Å². The lowest BCUT2D eigenvalue weighted by molar-refractivity contribution is 0.314. The Morgan fingerprint density at radius 3 is 2.94 bits per heavy atom. The molecule has 1 aromatic rings. The normalized spacial score (nSPS) is 25.1. The van der Waals surface area contributed by atoms with Crippen molar-refractivity contribution in [2.24, 2.45) is 0 Å². The van der Waals surface area contributed by atoms with Gasteiger partial charge in [-0.15, -0.1) is 0 Å². The third-order valence-electron chi connectivity index (χ3n) is 3.52. The van der Waals surface area contributed by atoms with Crippen LogP contribution in [0.15, 0.2) is 18.2 Å². The molecule has 1 heterocycles. The SMILES string of the molecule is CCC1(C)CN(c2ccc(F)c(Cl)c2)CCN1. The fraction of sp³-hybridized carbons (Fsp3) is 0.538. The zero-order valence-corrected chi connectivity index (χ0v) is 11.0. The maximum Gasteiger partial charge on any atom is 0.141 e. The molecule has 17 heavy (non-hydrogen) atoms. The van der Waals surface area contributed by atoms with Crippen molar-refractivity contribution < 1.29 is 4.39 Å². The van der Waals surface area contributed by atoms with Crippen molar-refractivity contribution in [3.8, 4) is 0 Å². The highest BCUT2D eigenvalue weighted by Gasteiger charge is 2.28. The molecule has 1 aliphatic rings. The molecule has 0 amide bonds. The first-order valence-corrected chi connectivity index (χ1v) is 6.37. The van der Waals surface area contributed by atoms with E-state index in [-0.39, 0.29) is 16.4 Å². The van der Waals surface area contributed by atoms with Gasteiger partial charge >= 0.3 is 0 Å². The molecule has 0 spiro atoms. The molecule has 0 bridgehead atoms. The van der Waals surface area contributed by atoms with Crippen molar-refractivity contribution in [1.29, 1.82) is 0 Å². The second-order valence-electron chi connectivity index (χ2n) is 4.86. The van der Waals surface area contributed by atoms with Crippen LogP contribution in [0.1, 0.15) is 20.3 Å². The summed E-state index contributed by atoms with van der Waals surface area (Å²) in [7, 11) is 0. The summed E-state index contributed by atoms with van der Waals surface area (Å²) in [6, 6.07) is 4.93. The number of hydrogen-bond acceptors (Lipinski definition) is 2. The number of halogens is 2. The molecule has 4 heteroatoms. The largest absolute Gasteiger partial charge is 0.368 e. The van der Waals surface area contributed by atoms with Crippen LogP contribution in [0.2, 0.25) is 5.02 Å². The van der Waals surface area contributed by atoms with Gasteiger partial charge in [0.15, 0.2) is 0 Å².